The van der Waals surface area contributed by atoms with Crippen molar-refractivity contribution in [2.24, 2.45) is 11.3 Å². The summed E-state index contributed by atoms with van der Waals surface area (Å²) in [7, 11) is -3.34. The van der Waals surface area contributed by atoms with Gasteiger partial charge in [-0.3, -0.25) is 4.79 Å². The van der Waals surface area contributed by atoms with Crippen LogP contribution in [0.5, 0.6) is 0 Å². The number of carboxylic acid groups (broad SMARTS) is 1. The molecule has 0 aromatic carbocycles. The van der Waals surface area contributed by atoms with Crippen LogP contribution in [0.4, 0.5) is 0 Å². The minimum atomic E-state index is -3.34. The van der Waals surface area contributed by atoms with E-state index in [1.165, 1.54) is 0 Å². The SMILES string of the molecule is CC(C)(C)CCS(=O)(=O)NC1C=CC(C(=O)O)C1. The lowest BCUT2D eigenvalue weighted by molar-refractivity contribution is -0.140. The second kappa shape index (κ2) is 5.40. The number of hydrogen-bond donors (Lipinski definition) is 2. The van der Waals surface area contributed by atoms with Crippen molar-refractivity contribution in [2.45, 2.75) is 39.7 Å². The first kappa shape index (κ1) is 15.2. The molecule has 0 bridgehead atoms. The summed E-state index contributed by atoms with van der Waals surface area (Å²) in [6.07, 6.45) is 4.03. The Balaban J connectivity index is 2.48. The van der Waals surface area contributed by atoms with Crippen LogP contribution in [0.2, 0.25) is 0 Å². The zero-order valence-electron chi connectivity index (χ0n) is 11.0. The maximum absolute atomic E-state index is 11.8. The molecule has 0 amide bonds. The van der Waals surface area contributed by atoms with Gasteiger partial charge in [0.15, 0.2) is 0 Å². The van der Waals surface area contributed by atoms with E-state index < -0.39 is 28.0 Å². The highest BCUT2D eigenvalue weighted by Crippen LogP contribution is 2.21. The highest BCUT2D eigenvalue weighted by molar-refractivity contribution is 7.89. The molecule has 1 aliphatic rings. The molecule has 18 heavy (non-hydrogen) atoms. The first-order valence-corrected chi connectivity index (χ1v) is 7.65. The van der Waals surface area contributed by atoms with E-state index in [1.807, 2.05) is 20.8 Å². The summed E-state index contributed by atoms with van der Waals surface area (Å²) in [5, 5.41) is 8.81. The molecular formula is C12H21NO4S. The van der Waals surface area contributed by atoms with E-state index in [2.05, 4.69) is 4.72 Å². The van der Waals surface area contributed by atoms with E-state index in [1.54, 1.807) is 12.2 Å². The number of hydrogen-bond acceptors (Lipinski definition) is 3. The molecule has 0 saturated carbocycles. The third-order valence-corrected chi connectivity index (χ3v) is 4.26. The molecule has 5 nitrogen and oxygen atoms in total. The van der Waals surface area contributed by atoms with Crippen molar-refractivity contribution < 1.29 is 18.3 Å². The Kier molecular flexibility index (Phi) is 4.55. The first-order valence-electron chi connectivity index (χ1n) is 6.00. The van der Waals surface area contributed by atoms with Gasteiger partial charge in [-0.1, -0.05) is 32.9 Å². The van der Waals surface area contributed by atoms with Gasteiger partial charge in [0, 0.05) is 6.04 Å². The van der Waals surface area contributed by atoms with Crippen molar-refractivity contribution >= 4 is 16.0 Å². The minimum absolute atomic E-state index is 0.0378. The number of sulfonamides is 1. The monoisotopic (exact) mass is 275 g/mol. The fourth-order valence-corrected chi connectivity index (χ4v) is 3.33. The zero-order valence-corrected chi connectivity index (χ0v) is 11.8. The van der Waals surface area contributed by atoms with Crippen molar-refractivity contribution in [1.82, 2.24) is 4.72 Å². The van der Waals surface area contributed by atoms with E-state index in [-0.39, 0.29) is 11.2 Å². The Bertz CT molecular complexity index is 433. The standard InChI is InChI=1S/C12H21NO4S/c1-12(2,3)6-7-18(16,17)13-10-5-4-9(8-10)11(14)15/h4-5,9-10,13H,6-8H2,1-3H3,(H,14,15). The van der Waals surface area contributed by atoms with Crippen molar-refractivity contribution in [1.29, 1.82) is 0 Å². The summed E-state index contributed by atoms with van der Waals surface area (Å²) in [5.41, 5.74) is -0.0378. The molecule has 2 N–H and O–H groups in total. The normalized spacial score (nSPS) is 24.4. The number of rotatable bonds is 5. The number of aliphatic carboxylic acids is 1. The molecule has 0 saturated heterocycles. The van der Waals surface area contributed by atoms with E-state index in [0.29, 0.717) is 12.8 Å². The predicted octanol–water partition coefficient (Wildman–Crippen LogP) is 1.37. The molecule has 1 aliphatic carbocycles. The van der Waals surface area contributed by atoms with Crippen LogP contribution in [-0.2, 0) is 14.8 Å². The summed E-state index contributed by atoms with van der Waals surface area (Å²) in [6.45, 7) is 5.95. The molecule has 0 fully saturated rings. The highest BCUT2D eigenvalue weighted by Gasteiger charge is 2.27. The maximum atomic E-state index is 11.8. The molecule has 2 atom stereocenters. The summed E-state index contributed by atoms with van der Waals surface area (Å²) in [4.78, 5) is 10.7. The second-order valence-electron chi connectivity index (χ2n) is 5.92. The van der Waals surface area contributed by atoms with Gasteiger partial charge in [0.25, 0.3) is 0 Å². The lowest BCUT2D eigenvalue weighted by Crippen LogP contribution is -2.35. The van der Waals surface area contributed by atoms with E-state index in [9.17, 15) is 13.2 Å². The van der Waals surface area contributed by atoms with Gasteiger partial charge in [0.05, 0.1) is 11.7 Å². The quantitative estimate of drug-likeness (QED) is 0.742. The Hall–Kier alpha value is -0.880. The zero-order chi connectivity index (χ0) is 14.0. The van der Waals surface area contributed by atoms with Crippen LogP contribution in [0, 0.1) is 11.3 Å². The van der Waals surface area contributed by atoms with Crippen LogP contribution in [-0.4, -0.2) is 31.3 Å². The Morgan fingerprint density at radius 3 is 2.44 bits per heavy atom. The highest BCUT2D eigenvalue weighted by atomic mass is 32.2. The molecule has 0 radical (unpaired) electrons. The van der Waals surface area contributed by atoms with Crippen molar-refractivity contribution in [3.05, 3.63) is 12.2 Å². The average molecular weight is 275 g/mol. The molecule has 0 spiro atoms. The van der Waals surface area contributed by atoms with Crippen LogP contribution in [0.15, 0.2) is 12.2 Å². The number of carboxylic acids is 1. The molecule has 2 unspecified atom stereocenters. The topological polar surface area (TPSA) is 83.5 Å². The van der Waals surface area contributed by atoms with Gasteiger partial charge in [-0.2, -0.15) is 0 Å². The molecular weight excluding hydrogens is 254 g/mol. The van der Waals surface area contributed by atoms with Gasteiger partial charge in [-0.25, -0.2) is 13.1 Å². The van der Waals surface area contributed by atoms with Crippen LogP contribution in [0.3, 0.4) is 0 Å². The lowest BCUT2D eigenvalue weighted by Gasteiger charge is -2.19. The van der Waals surface area contributed by atoms with E-state index in [0.717, 1.165) is 0 Å². The largest absolute Gasteiger partial charge is 0.481 e. The summed E-state index contributed by atoms with van der Waals surface area (Å²) >= 11 is 0. The minimum Gasteiger partial charge on any atom is -0.481 e. The van der Waals surface area contributed by atoms with Gasteiger partial charge in [0.1, 0.15) is 0 Å². The van der Waals surface area contributed by atoms with Crippen LogP contribution >= 0.6 is 0 Å². The van der Waals surface area contributed by atoms with Crippen molar-refractivity contribution in [3.63, 3.8) is 0 Å². The fourth-order valence-electron chi connectivity index (χ4n) is 1.70. The second-order valence-corrected chi connectivity index (χ2v) is 7.79. The summed E-state index contributed by atoms with van der Waals surface area (Å²) in [6, 6.07) is -0.393. The molecule has 0 aliphatic heterocycles. The van der Waals surface area contributed by atoms with Gasteiger partial charge < -0.3 is 5.11 Å². The number of nitrogens with one attached hydrogen (secondary N) is 1. The first-order chi connectivity index (χ1) is 8.09. The van der Waals surface area contributed by atoms with Crippen LogP contribution in [0.1, 0.15) is 33.6 Å². The Morgan fingerprint density at radius 1 is 1.39 bits per heavy atom. The van der Waals surface area contributed by atoms with Crippen molar-refractivity contribution in [2.75, 3.05) is 5.75 Å². The smallest absolute Gasteiger partial charge is 0.310 e. The summed E-state index contributed by atoms with van der Waals surface area (Å²) in [5.74, 6) is -1.43. The number of carbonyl (C=O) groups is 1. The lowest BCUT2D eigenvalue weighted by atomic mass is 9.94. The third-order valence-electron chi connectivity index (χ3n) is 2.85. The van der Waals surface area contributed by atoms with Gasteiger partial charge >= 0.3 is 5.97 Å². The Morgan fingerprint density at radius 2 is 2.00 bits per heavy atom. The van der Waals surface area contributed by atoms with E-state index >= 15 is 0 Å². The molecule has 1 rings (SSSR count). The van der Waals surface area contributed by atoms with Crippen LogP contribution < -0.4 is 4.72 Å². The maximum Gasteiger partial charge on any atom is 0.310 e. The van der Waals surface area contributed by atoms with Gasteiger partial charge in [-0.15, -0.1) is 0 Å². The Labute approximate surface area is 108 Å². The van der Waals surface area contributed by atoms with Crippen LogP contribution in [0.25, 0.3) is 0 Å². The van der Waals surface area contributed by atoms with Crippen molar-refractivity contribution in [3.8, 4) is 0 Å². The molecule has 0 aromatic heterocycles. The molecule has 6 heteroatoms. The average Bonchev–Trinajstić information content (AvgIpc) is 2.62. The third kappa shape index (κ3) is 5.18. The van der Waals surface area contributed by atoms with Gasteiger partial charge in [-0.05, 0) is 18.3 Å². The van der Waals surface area contributed by atoms with Gasteiger partial charge in [0.2, 0.25) is 10.0 Å². The summed E-state index contributed by atoms with van der Waals surface area (Å²) < 4.78 is 26.2. The molecule has 0 aromatic rings. The predicted molar refractivity (Wildman–Crippen MR) is 69.7 cm³/mol. The molecule has 104 valence electrons. The fraction of sp³-hybridized carbons (Fsp3) is 0.750. The molecule has 0 heterocycles. The van der Waals surface area contributed by atoms with E-state index in [4.69, 9.17) is 5.11 Å².